The number of esters is 1. The van der Waals surface area contributed by atoms with Crippen LogP contribution in [0.2, 0.25) is 0 Å². The van der Waals surface area contributed by atoms with Gasteiger partial charge in [-0.15, -0.1) is 0 Å². The molecular formula is C20H18N2O5. The third-order valence-electron chi connectivity index (χ3n) is 3.95. The van der Waals surface area contributed by atoms with Crippen LogP contribution < -0.4 is 15.2 Å². The van der Waals surface area contributed by atoms with Gasteiger partial charge in [-0.1, -0.05) is 12.1 Å². The number of amides is 2. The summed E-state index contributed by atoms with van der Waals surface area (Å²) in [5.41, 5.74) is 4.06. The summed E-state index contributed by atoms with van der Waals surface area (Å²) in [6.45, 7) is 2.00. The van der Waals surface area contributed by atoms with Gasteiger partial charge in [0.1, 0.15) is 11.3 Å². The highest BCUT2D eigenvalue weighted by molar-refractivity contribution is 6.31. The van der Waals surface area contributed by atoms with Crippen molar-refractivity contribution in [1.82, 2.24) is 5.43 Å². The summed E-state index contributed by atoms with van der Waals surface area (Å²) in [6.07, 6.45) is 1.52. The van der Waals surface area contributed by atoms with Gasteiger partial charge in [0, 0.05) is 0 Å². The summed E-state index contributed by atoms with van der Waals surface area (Å²) in [6, 6.07) is 13.2. The van der Waals surface area contributed by atoms with Crippen LogP contribution in [0.25, 0.3) is 6.08 Å². The van der Waals surface area contributed by atoms with Gasteiger partial charge in [-0.05, 0) is 55.0 Å². The predicted molar refractivity (Wildman–Crippen MR) is 99.0 cm³/mol. The number of carbonyl (C=O) groups is 3. The number of carbonyl (C=O) groups excluding carboxylic acids is 3. The first kappa shape index (κ1) is 18.2. The van der Waals surface area contributed by atoms with E-state index in [1.165, 1.54) is 18.2 Å². The van der Waals surface area contributed by atoms with Crippen LogP contribution in [0.1, 0.15) is 22.8 Å². The molecule has 0 radical (unpaired) electrons. The number of hydrogen-bond donors (Lipinski definition) is 1. The zero-order valence-electron chi connectivity index (χ0n) is 14.9. The Balaban J connectivity index is 1.81. The molecule has 0 aromatic heterocycles. The Labute approximate surface area is 156 Å². The molecule has 7 nitrogen and oxygen atoms in total. The number of nitrogens with one attached hydrogen (secondary N) is 1. The maximum Gasteiger partial charge on any atom is 0.338 e. The molecule has 2 aromatic rings. The zero-order valence-corrected chi connectivity index (χ0v) is 14.9. The molecule has 1 fully saturated rings. The van der Waals surface area contributed by atoms with Gasteiger partial charge in [-0.3, -0.25) is 15.0 Å². The summed E-state index contributed by atoms with van der Waals surface area (Å²) >= 11 is 0. The van der Waals surface area contributed by atoms with E-state index in [0.717, 1.165) is 5.01 Å². The number of benzene rings is 2. The lowest BCUT2D eigenvalue weighted by atomic mass is 10.1. The van der Waals surface area contributed by atoms with Gasteiger partial charge < -0.3 is 9.47 Å². The number of anilines is 1. The van der Waals surface area contributed by atoms with E-state index in [9.17, 15) is 14.4 Å². The highest BCUT2D eigenvalue weighted by Crippen LogP contribution is 2.23. The number of methoxy groups -OCH3 is 1. The quantitative estimate of drug-likeness (QED) is 0.499. The molecule has 0 aliphatic carbocycles. The van der Waals surface area contributed by atoms with E-state index >= 15 is 0 Å². The number of nitrogens with zero attached hydrogens (tertiary/aromatic N) is 1. The topological polar surface area (TPSA) is 84.9 Å². The third kappa shape index (κ3) is 3.82. The highest BCUT2D eigenvalue weighted by atomic mass is 16.5. The van der Waals surface area contributed by atoms with Crippen molar-refractivity contribution in [2.75, 3.05) is 18.7 Å². The lowest BCUT2D eigenvalue weighted by Gasteiger charge is -2.14. The Morgan fingerprint density at radius 3 is 2.33 bits per heavy atom. The lowest BCUT2D eigenvalue weighted by Crippen LogP contribution is -2.35. The van der Waals surface area contributed by atoms with E-state index < -0.39 is 17.8 Å². The van der Waals surface area contributed by atoms with Crippen molar-refractivity contribution in [3.8, 4) is 5.75 Å². The van der Waals surface area contributed by atoms with Gasteiger partial charge in [-0.25, -0.2) is 9.80 Å². The molecule has 1 saturated heterocycles. The predicted octanol–water partition coefficient (Wildman–Crippen LogP) is 2.33. The van der Waals surface area contributed by atoms with E-state index in [1.807, 2.05) is 0 Å². The van der Waals surface area contributed by atoms with Crippen LogP contribution in [-0.4, -0.2) is 31.5 Å². The first-order valence-electron chi connectivity index (χ1n) is 8.32. The number of hydrazine groups is 1. The molecule has 1 aliphatic rings. The van der Waals surface area contributed by atoms with Crippen LogP contribution in [0.5, 0.6) is 5.75 Å². The van der Waals surface area contributed by atoms with Crippen molar-refractivity contribution in [3.63, 3.8) is 0 Å². The second-order valence-electron chi connectivity index (χ2n) is 5.68. The van der Waals surface area contributed by atoms with Crippen molar-refractivity contribution < 1.29 is 23.9 Å². The monoisotopic (exact) mass is 366 g/mol. The van der Waals surface area contributed by atoms with E-state index in [4.69, 9.17) is 9.47 Å². The van der Waals surface area contributed by atoms with E-state index in [0.29, 0.717) is 22.6 Å². The van der Waals surface area contributed by atoms with Crippen molar-refractivity contribution in [2.45, 2.75) is 6.92 Å². The molecule has 0 saturated carbocycles. The number of hydrogen-bond acceptors (Lipinski definition) is 5. The highest BCUT2D eigenvalue weighted by Gasteiger charge is 2.34. The molecule has 1 N–H and O–H groups in total. The minimum absolute atomic E-state index is 0.0228. The average molecular weight is 366 g/mol. The zero-order chi connectivity index (χ0) is 19.4. The fraction of sp³-hybridized carbons (Fsp3) is 0.150. The molecule has 0 atom stereocenters. The Bertz CT molecular complexity index is 901. The molecule has 0 bridgehead atoms. The molecule has 0 unspecified atom stereocenters. The van der Waals surface area contributed by atoms with E-state index in [1.54, 1.807) is 50.4 Å². The first-order chi connectivity index (χ1) is 13.0. The van der Waals surface area contributed by atoms with Crippen LogP contribution >= 0.6 is 0 Å². The summed E-state index contributed by atoms with van der Waals surface area (Å²) in [5.74, 6) is -0.728. The molecular weight excluding hydrogens is 348 g/mol. The first-order valence-corrected chi connectivity index (χ1v) is 8.32. The molecule has 0 spiro atoms. The van der Waals surface area contributed by atoms with Gasteiger partial charge in [0.15, 0.2) is 0 Å². The van der Waals surface area contributed by atoms with Crippen LogP contribution in [0.15, 0.2) is 54.1 Å². The summed E-state index contributed by atoms with van der Waals surface area (Å²) in [7, 11) is 1.56. The minimum atomic E-state index is -0.495. The Morgan fingerprint density at radius 2 is 1.74 bits per heavy atom. The molecule has 138 valence electrons. The van der Waals surface area contributed by atoms with Crippen molar-refractivity contribution in [1.29, 1.82) is 0 Å². The van der Waals surface area contributed by atoms with E-state index in [2.05, 4.69) is 5.43 Å². The third-order valence-corrected chi connectivity index (χ3v) is 3.95. The molecule has 7 heteroatoms. The van der Waals surface area contributed by atoms with Crippen LogP contribution in [0.4, 0.5) is 5.69 Å². The fourth-order valence-electron chi connectivity index (χ4n) is 2.57. The van der Waals surface area contributed by atoms with Crippen molar-refractivity contribution in [2.24, 2.45) is 0 Å². The average Bonchev–Trinajstić information content (AvgIpc) is 2.97. The molecule has 2 amide bonds. The van der Waals surface area contributed by atoms with Gasteiger partial charge in [0.05, 0.1) is 25.0 Å². The smallest absolute Gasteiger partial charge is 0.338 e. The lowest BCUT2D eigenvalue weighted by molar-refractivity contribution is -0.117. The molecule has 3 rings (SSSR count). The summed E-state index contributed by atoms with van der Waals surface area (Å²) in [5, 5.41) is 1.15. The van der Waals surface area contributed by atoms with Gasteiger partial charge in [0.25, 0.3) is 11.8 Å². The molecule has 2 aromatic carbocycles. The van der Waals surface area contributed by atoms with Crippen LogP contribution in [0.3, 0.4) is 0 Å². The van der Waals surface area contributed by atoms with Crippen molar-refractivity contribution in [3.05, 3.63) is 65.2 Å². The van der Waals surface area contributed by atoms with Crippen LogP contribution in [0, 0.1) is 0 Å². The Kier molecular flexibility index (Phi) is 5.21. The summed E-state index contributed by atoms with van der Waals surface area (Å²) in [4.78, 5) is 36.5. The standard InChI is InChI=1S/C20H18N2O5/c1-3-27-20(25)14-6-8-15(9-7-14)22-19(24)17(18(23)21-22)12-13-4-10-16(26-2)11-5-13/h4-12H,3H2,1-2H3,(H,21,23). The largest absolute Gasteiger partial charge is 0.497 e. The second-order valence-corrected chi connectivity index (χ2v) is 5.68. The van der Waals surface area contributed by atoms with E-state index in [-0.39, 0.29) is 12.2 Å². The maximum atomic E-state index is 12.6. The van der Waals surface area contributed by atoms with Crippen LogP contribution in [-0.2, 0) is 14.3 Å². The summed E-state index contributed by atoms with van der Waals surface area (Å²) < 4.78 is 10.0. The molecule has 1 heterocycles. The van der Waals surface area contributed by atoms with Gasteiger partial charge in [0.2, 0.25) is 0 Å². The normalized spacial score (nSPS) is 15.0. The maximum absolute atomic E-state index is 12.6. The van der Waals surface area contributed by atoms with Gasteiger partial charge in [-0.2, -0.15) is 0 Å². The van der Waals surface area contributed by atoms with Crippen molar-refractivity contribution >= 4 is 29.5 Å². The Morgan fingerprint density at radius 1 is 1.07 bits per heavy atom. The second kappa shape index (κ2) is 7.74. The number of ether oxygens (including phenoxy) is 2. The van der Waals surface area contributed by atoms with Gasteiger partial charge >= 0.3 is 5.97 Å². The Hall–Kier alpha value is -3.61. The molecule has 27 heavy (non-hydrogen) atoms. The fourth-order valence-corrected chi connectivity index (χ4v) is 2.57. The minimum Gasteiger partial charge on any atom is -0.497 e. The SMILES string of the molecule is CCOC(=O)c1ccc(N2NC(=O)C(=Cc3ccc(OC)cc3)C2=O)cc1. The molecule has 1 aliphatic heterocycles. The number of rotatable bonds is 5.